The van der Waals surface area contributed by atoms with Crippen LogP contribution in [0.3, 0.4) is 0 Å². The molecular weight excluding hydrogens is 293 g/mol. The number of rotatable bonds is 2. The molecule has 2 aromatic rings. The number of aryl methyl sites for hydroxylation is 1. The first-order valence-corrected chi connectivity index (χ1v) is 5.47. The van der Waals surface area contributed by atoms with Crippen LogP contribution in [0.2, 0.25) is 10.0 Å². The molecule has 0 unspecified atom stereocenters. The van der Waals surface area contributed by atoms with Crippen molar-refractivity contribution in [3.05, 3.63) is 27.7 Å². The molecule has 0 spiro atoms. The van der Waals surface area contributed by atoms with E-state index < -0.39 is 5.91 Å². The quantitative estimate of drug-likeness (QED) is 0.886. The first-order chi connectivity index (χ1) is 8.50. The van der Waals surface area contributed by atoms with Gasteiger partial charge in [-0.3, -0.25) is 10.1 Å². The lowest BCUT2D eigenvalue weighted by Crippen LogP contribution is -2.15. The summed E-state index contributed by atoms with van der Waals surface area (Å²) in [5.74, 6) is -0.738. The van der Waals surface area contributed by atoms with E-state index in [1.165, 1.54) is 16.8 Å². The number of halogens is 2. The molecule has 0 aliphatic rings. The van der Waals surface area contributed by atoms with Crippen LogP contribution < -0.4 is 5.32 Å². The highest BCUT2D eigenvalue weighted by Gasteiger charge is 2.17. The SMILES string of the molecule is C.Cn1nnnc1NC(=O)c1ccc(Cl)c(O)c1Cl. The zero-order valence-electron chi connectivity index (χ0n) is 9.05. The maximum absolute atomic E-state index is 11.9. The average Bonchev–Trinajstić information content (AvgIpc) is 2.72. The van der Waals surface area contributed by atoms with Crippen LogP contribution in [0.1, 0.15) is 17.8 Å². The van der Waals surface area contributed by atoms with Crippen LogP contribution in [0.25, 0.3) is 0 Å². The van der Waals surface area contributed by atoms with Gasteiger partial charge in [0, 0.05) is 7.05 Å². The molecule has 1 aromatic carbocycles. The molecule has 1 amide bonds. The fourth-order valence-electron chi connectivity index (χ4n) is 1.22. The first kappa shape index (κ1) is 15.2. The molecule has 0 atom stereocenters. The predicted octanol–water partition coefficient (Wildman–Crippen LogP) is 2.11. The number of anilines is 1. The highest BCUT2D eigenvalue weighted by atomic mass is 35.5. The van der Waals surface area contributed by atoms with E-state index in [2.05, 4.69) is 20.8 Å². The van der Waals surface area contributed by atoms with Crippen LogP contribution >= 0.6 is 23.2 Å². The van der Waals surface area contributed by atoms with E-state index in [0.29, 0.717) is 0 Å². The predicted molar refractivity (Wildman–Crippen MR) is 71.6 cm³/mol. The number of hydrogen-bond acceptors (Lipinski definition) is 5. The third-order valence-electron chi connectivity index (χ3n) is 2.16. The largest absolute Gasteiger partial charge is 0.505 e. The second kappa shape index (κ2) is 5.85. The van der Waals surface area contributed by atoms with E-state index in [0.717, 1.165) is 0 Å². The molecule has 19 heavy (non-hydrogen) atoms. The summed E-state index contributed by atoms with van der Waals surface area (Å²) in [6, 6.07) is 2.76. The molecule has 2 N–H and O–H groups in total. The van der Waals surface area contributed by atoms with E-state index in [4.69, 9.17) is 23.2 Å². The van der Waals surface area contributed by atoms with Crippen molar-refractivity contribution in [1.82, 2.24) is 20.2 Å². The number of phenolic OH excluding ortho intramolecular Hbond substituents is 1. The topological polar surface area (TPSA) is 92.9 Å². The summed E-state index contributed by atoms with van der Waals surface area (Å²) in [7, 11) is 1.57. The normalized spacial score (nSPS) is 9.84. The van der Waals surface area contributed by atoms with E-state index >= 15 is 0 Å². The van der Waals surface area contributed by atoms with Crippen molar-refractivity contribution in [3.8, 4) is 5.75 Å². The smallest absolute Gasteiger partial charge is 0.259 e. The number of benzene rings is 1. The standard InChI is InChI=1S/C9H7Cl2N5O2.CH4/c1-16-9(13-14-15-16)12-8(18)4-2-3-5(10)7(17)6(4)11;/h2-3,17H,1H3,(H,12,13,15,18);1H4. The minimum Gasteiger partial charge on any atom is -0.505 e. The zero-order valence-corrected chi connectivity index (χ0v) is 10.6. The van der Waals surface area contributed by atoms with E-state index in [-0.39, 0.29) is 34.7 Å². The molecule has 0 bridgehead atoms. The molecule has 9 heteroatoms. The summed E-state index contributed by atoms with van der Waals surface area (Å²) in [5.41, 5.74) is 0.0709. The van der Waals surface area contributed by atoms with Crippen molar-refractivity contribution in [2.24, 2.45) is 7.05 Å². The van der Waals surface area contributed by atoms with Gasteiger partial charge < -0.3 is 5.11 Å². The van der Waals surface area contributed by atoms with Crippen molar-refractivity contribution >= 4 is 35.1 Å². The monoisotopic (exact) mass is 303 g/mol. The molecule has 7 nitrogen and oxygen atoms in total. The molecule has 0 saturated heterocycles. The van der Waals surface area contributed by atoms with Gasteiger partial charge in [0.2, 0.25) is 5.95 Å². The van der Waals surface area contributed by atoms with Crippen LogP contribution in [0, 0.1) is 0 Å². The third-order valence-corrected chi connectivity index (χ3v) is 2.84. The number of carbonyl (C=O) groups is 1. The molecule has 102 valence electrons. The highest BCUT2D eigenvalue weighted by molar-refractivity contribution is 6.39. The Morgan fingerprint density at radius 3 is 2.68 bits per heavy atom. The van der Waals surface area contributed by atoms with E-state index in [9.17, 15) is 9.90 Å². The molecule has 0 fully saturated rings. The van der Waals surface area contributed by atoms with Crippen LogP contribution in [0.5, 0.6) is 5.75 Å². The number of hydrogen-bond donors (Lipinski definition) is 2. The van der Waals surface area contributed by atoms with Crippen LogP contribution in [0.4, 0.5) is 5.95 Å². The van der Waals surface area contributed by atoms with Crippen molar-refractivity contribution in [1.29, 1.82) is 0 Å². The highest BCUT2D eigenvalue weighted by Crippen LogP contribution is 2.34. The second-order valence-corrected chi connectivity index (χ2v) is 4.12. The summed E-state index contributed by atoms with van der Waals surface area (Å²) < 4.78 is 1.28. The van der Waals surface area contributed by atoms with Gasteiger partial charge in [-0.05, 0) is 22.6 Å². The maximum Gasteiger partial charge on any atom is 0.259 e. The number of nitrogens with zero attached hydrogens (tertiary/aromatic N) is 4. The zero-order chi connectivity index (χ0) is 13.3. The van der Waals surface area contributed by atoms with Crippen LogP contribution in [-0.4, -0.2) is 31.2 Å². The number of carbonyl (C=O) groups excluding carboxylic acids is 1. The molecule has 1 aromatic heterocycles. The number of aromatic hydroxyl groups is 1. The minimum absolute atomic E-state index is 0. The van der Waals surface area contributed by atoms with Gasteiger partial charge in [0.1, 0.15) is 0 Å². The Kier molecular flexibility index (Phi) is 4.68. The Bertz CT molecular complexity index is 614. The molecule has 0 radical (unpaired) electrons. The number of nitrogens with one attached hydrogen (secondary N) is 1. The summed E-state index contributed by atoms with van der Waals surface area (Å²) in [6.07, 6.45) is 0. The van der Waals surface area contributed by atoms with Crippen molar-refractivity contribution in [2.75, 3.05) is 5.32 Å². The van der Waals surface area contributed by atoms with Gasteiger partial charge in [0.15, 0.2) is 5.75 Å². The van der Waals surface area contributed by atoms with Gasteiger partial charge in [-0.25, -0.2) is 4.68 Å². The van der Waals surface area contributed by atoms with Gasteiger partial charge in [-0.2, -0.15) is 0 Å². The van der Waals surface area contributed by atoms with Gasteiger partial charge in [0.05, 0.1) is 15.6 Å². The summed E-state index contributed by atoms with van der Waals surface area (Å²) in [4.78, 5) is 11.9. The van der Waals surface area contributed by atoms with Crippen molar-refractivity contribution in [3.63, 3.8) is 0 Å². The van der Waals surface area contributed by atoms with E-state index in [1.54, 1.807) is 7.05 Å². The van der Waals surface area contributed by atoms with Gasteiger partial charge in [-0.1, -0.05) is 35.7 Å². The van der Waals surface area contributed by atoms with Gasteiger partial charge in [0.25, 0.3) is 5.91 Å². The molecule has 0 aliphatic carbocycles. The van der Waals surface area contributed by atoms with Gasteiger partial charge in [-0.15, -0.1) is 0 Å². The lowest BCUT2D eigenvalue weighted by molar-refractivity contribution is 0.102. The van der Waals surface area contributed by atoms with Crippen LogP contribution in [0.15, 0.2) is 12.1 Å². The maximum atomic E-state index is 11.9. The minimum atomic E-state index is -0.551. The summed E-state index contributed by atoms with van der Waals surface area (Å²) >= 11 is 11.5. The first-order valence-electron chi connectivity index (χ1n) is 4.71. The Hall–Kier alpha value is -1.86. The fraction of sp³-hybridized carbons (Fsp3) is 0.200. The molecule has 2 rings (SSSR count). The second-order valence-electron chi connectivity index (χ2n) is 3.34. The number of phenols is 1. The summed E-state index contributed by atoms with van der Waals surface area (Å²) in [5, 5.41) is 22.4. The van der Waals surface area contributed by atoms with E-state index in [1.807, 2.05) is 0 Å². The van der Waals surface area contributed by atoms with Crippen molar-refractivity contribution in [2.45, 2.75) is 7.43 Å². The number of aromatic nitrogens is 4. The van der Waals surface area contributed by atoms with Gasteiger partial charge >= 0.3 is 0 Å². The fourth-order valence-corrected chi connectivity index (χ4v) is 1.68. The molecule has 0 aliphatic heterocycles. The molecule has 1 heterocycles. The Morgan fingerprint density at radius 2 is 2.11 bits per heavy atom. The van der Waals surface area contributed by atoms with Crippen molar-refractivity contribution < 1.29 is 9.90 Å². The molecular formula is C10H11Cl2N5O2. The lowest BCUT2D eigenvalue weighted by Gasteiger charge is -2.07. The number of amides is 1. The number of tetrazole rings is 1. The summed E-state index contributed by atoms with van der Waals surface area (Å²) in [6.45, 7) is 0. The Balaban J connectivity index is 0.00000180. The molecule has 0 saturated carbocycles. The van der Waals surface area contributed by atoms with Crippen LogP contribution in [-0.2, 0) is 7.05 Å². The lowest BCUT2D eigenvalue weighted by atomic mass is 10.2. The third kappa shape index (κ3) is 2.94. The Labute approximate surface area is 119 Å². The average molecular weight is 304 g/mol. The Morgan fingerprint density at radius 1 is 1.42 bits per heavy atom.